The molecular weight excluding hydrogens is 400 g/mol. The third-order valence-corrected chi connectivity index (χ3v) is 6.86. The highest BCUT2D eigenvalue weighted by Crippen LogP contribution is 2.42. The molecule has 1 amide bonds. The zero-order chi connectivity index (χ0) is 22.4. The van der Waals surface area contributed by atoms with E-state index in [1.54, 1.807) is 7.05 Å². The van der Waals surface area contributed by atoms with Gasteiger partial charge in [-0.1, -0.05) is 73.5 Å². The van der Waals surface area contributed by atoms with Gasteiger partial charge >= 0.3 is 0 Å². The van der Waals surface area contributed by atoms with Crippen LogP contribution in [-0.4, -0.2) is 60.0 Å². The van der Waals surface area contributed by atoms with Gasteiger partial charge in [-0.3, -0.25) is 9.79 Å². The van der Waals surface area contributed by atoms with Gasteiger partial charge in [-0.25, -0.2) is 0 Å². The molecule has 1 aliphatic heterocycles. The molecule has 2 N–H and O–H groups in total. The number of guanidine groups is 1. The van der Waals surface area contributed by atoms with E-state index in [-0.39, 0.29) is 11.8 Å². The zero-order valence-electron chi connectivity index (χ0n) is 18.9. The topological polar surface area (TPSA) is 68.2 Å². The second-order valence-corrected chi connectivity index (χ2v) is 8.78. The van der Waals surface area contributed by atoms with Gasteiger partial charge in [0, 0.05) is 45.7 Å². The maximum absolute atomic E-state index is 13.7. The van der Waals surface area contributed by atoms with E-state index in [0.29, 0.717) is 32.7 Å². The fourth-order valence-corrected chi connectivity index (χ4v) is 5.04. The summed E-state index contributed by atoms with van der Waals surface area (Å²) in [6, 6.07) is 19.8. The normalized spacial score (nSPS) is 19.6. The molecule has 1 aliphatic carbocycles. The fraction of sp³-hybridized carbons (Fsp3) is 0.462. The van der Waals surface area contributed by atoms with Crippen LogP contribution in [0.5, 0.6) is 0 Å². The van der Waals surface area contributed by atoms with Crippen molar-refractivity contribution < 1.29 is 9.90 Å². The van der Waals surface area contributed by atoms with Crippen molar-refractivity contribution in [2.45, 2.75) is 37.8 Å². The van der Waals surface area contributed by atoms with Gasteiger partial charge in [-0.15, -0.1) is 0 Å². The number of nitrogens with one attached hydrogen (secondary N) is 1. The highest BCUT2D eigenvalue weighted by molar-refractivity contribution is 5.87. The molecule has 6 heteroatoms. The van der Waals surface area contributed by atoms with E-state index in [0.717, 1.165) is 37.2 Å². The molecule has 2 aliphatic rings. The summed E-state index contributed by atoms with van der Waals surface area (Å²) in [5.74, 6) is 0.674. The SMILES string of the molecule is CN=C(NCc1ccccc1)N1CCN(C(=O)C(O)(c2ccccc2)C2CCCC2)CC1. The van der Waals surface area contributed by atoms with Gasteiger partial charge < -0.3 is 20.2 Å². The minimum absolute atomic E-state index is 0.0178. The fourth-order valence-electron chi connectivity index (χ4n) is 5.04. The zero-order valence-corrected chi connectivity index (χ0v) is 18.9. The predicted molar refractivity (Wildman–Crippen MR) is 127 cm³/mol. The van der Waals surface area contributed by atoms with E-state index in [1.165, 1.54) is 5.56 Å². The van der Waals surface area contributed by atoms with Crippen molar-refractivity contribution in [2.24, 2.45) is 10.9 Å². The van der Waals surface area contributed by atoms with Crippen LogP contribution in [0.15, 0.2) is 65.7 Å². The van der Waals surface area contributed by atoms with Crippen molar-refractivity contribution in [2.75, 3.05) is 33.2 Å². The first kappa shape index (κ1) is 22.3. The van der Waals surface area contributed by atoms with E-state index in [9.17, 15) is 9.90 Å². The average molecular weight is 435 g/mol. The Balaban J connectivity index is 1.41. The number of aliphatic imine (C=N–C) groups is 1. The first-order chi connectivity index (χ1) is 15.6. The number of carbonyl (C=O) groups excluding carboxylic acids is 1. The molecule has 0 spiro atoms. The average Bonchev–Trinajstić information content (AvgIpc) is 3.41. The summed E-state index contributed by atoms with van der Waals surface area (Å²) >= 11 is 0. The largest absolute Gasteiger partial charge is 0.375 e. The Hall–Kier alpha value is -2.86. The highest BCUT2D eigenvalue weighted by atomic mass is 16.3. The van der Waals surface area contributed by atoms with Crippen molar-refractivity contribution in [3.8, 4) is 0 Å². The smallest absolute Gasteiger partial charge is 0.259 e. The second-order valence-electron chi connectivity index (χ2n) is 8.78. The van der Waals surface area contributed by atoms with Crippen LogP contribution in [0.4, 0.5) is 0 Å². The molecule has 1 unspecified atom stereocenters. The van der Waals surface area contributed by atoms with Gasteiger partial charge in [0.15, 0.2) is 11.6 Å². The van der Waals surface area contributed by atoms with Crippen LogP contribution >= 0.6 is 0 Å². The number of benzene rings is 2. The van der Waals surface area contributed by atoms with Crippen LogP contribution < -0.4 is 5.32 Å². The lowest BCUT2D eigenvalue weighted by Crippen LogP contribution is -2.58. The summed E-state index contributed by atoms with van der Waals surface area (Å²) in [4.78, 5) is 22.1. The second kappa shape index (κ2) is 10.2. The molecule has 1 saturated carbocycles. The highest BCUT2D eigenvalue weighted by Gasteiger charge is 2.48. The number of aliphatic hydroxyl groups is 1. The van der Waals surface area contributed by atoms with E-state index >= 15 is 0 Å². The molecular formula is C26H34N4O2. The molecule has 1 saturated heterocycles. The molecule has 1 heterocycles. The number of hydrogen-bond donors (Lipinski definition) is 2. The maximum Gasteiger partial charge on any atom is 0.259 e. The van der Waals surface area contributed by atoms with Gasteiger partial charge in [0.05, 0.1) is 0 Å². The summed E-state index contributed by atoms with van der Waals surface area (Å²) in [6.07, 6.45) is 3.94. The van der Waals surface area contributed by atoms with Gasteiger partial charge in [0.1, 0.15) is 0 Å². The molecule has 1 atom stereocenters. The van der Waals surface area contributed by atoms with Crippen LogP contribution in [0.1, 0.15) is 36.8 Å². The first-order valence-corrected chi connectivity index (χ1v) is 11.7. The Morgan fingerprint density at radius 3 is 2.12 bits per heavy atom. The quantitative estimate of drug-likeness (QED) is 0.561. The third kappa shape index (κ3) is 4.65. The molecule has 0 radical (unpaired) electrons. The van der Waals surface area contributed by atoms with Crippen molar-refractivity contribution in [3.63, 3.8) is 0 Å². The molecule has 32 heavy (non-hydrogen) atoms. The Morgan fingerprint density at radius 2 is 1.53 bits per heavy atom. The van der Waals surface area contributed by atoms with Crippen molar-refractivity contribution in [1.29, 1.82) is 0 Å². The molecule has 4 rings (SSSR count). The lowest BCUT2D eigenvalue weighted by Gasteiger charge is -2.42. The summed E-state index contributed by atoms with van der Waals surface area (Å²) in [6.45, 7) is 3.24. The van der Waals surface area contributed by atoms with Crippen molar-refractivity contribution >= 4 is 11.9 Å². The van der Waals surface area contributed by atoms with Crippen LogP contribution in [0.2, 0.25) is 0 Å². The number of piperazine rings is 1. The number of carbonyl (C=O) groups is 1. The molecule has 2 fully saturated rings. The summed E-state index contributed by atoms with van der Waals surface area (Å²) in [7, 11) is 1.79. The number of amides is 1. The Kier molecular flexibility index (Phi) is 7.10. The molecule has 170 valence electrons. The molecule has 2 aromatic carbocycles. The molecule has 0 bridgehead atoms. The van der Waals surface area contributed by atoms with Crippen molar-refractivity contribution in [3.05, 3.63) is 71.8 Å². The maximum atomic E-state index is 13.7. The van der Waals surface area contributed by atoms with Crippen molar-refractivity contribution in [1.82, 2.24) is 15.1 Å². The number of hydrogen-bond acceptors (Lipinski definition) is 3. The van der Waals surface area contributed by atoms with Gasteiger partial charge in [-0.2, -0.15) is 0 Å². The monoisotopic (exact) mass is 434 g/mol. The van der Waals surface area contributed by atoms with Gasteiger partial charge in [-0.05, 0) is 24.0 Å². The van der Waals surface area contributed by atoms with E-state index < -0.39 is 5.60 Å². The Morgan fingerprint density at radius 1 is 0.969 bits per heavy atom. The van der Waals surface area contributed by atoms with E-state index in [4.69, 9.17) is 0 Å². The van der Waals surface area contributed by atoms with Gasteiger partial charge in [0.2, 0.25) is 0 Å². The van der Waals surface area contributed by atoms with E-state index in [2.05, 4.69) is 27.3 Å². The van der Waals surface area contributed by atoms with Crippen LogP contribution in [-0.2, 0) is 16.9 Å². The standard InChI is InChI=1S/C26H34N4O2/c1-27-25(28-20-21-10-4-2-5-11-21)30-18-16-29(17-19-30)24(31)26(32,23-14-8-9-15-23)22-12-6-3-7-13-22/h2-7,10-13,23,32H,8-9,14-20H2,1H3,(H,27,28). The Bertz CT molecular complexity index is 904. The molecule has 2 aromatic rings. The van der Waals surface area contributed by atoms with Crippen LogP contribution in [0.25, 0.3) is 0 Å². The third-order valence-electron chi connectivity index (χ3n) is 6.86. The minimum Gasteiger partial charge on any atom is -0.375 e. The van der Waals surface area contributed by atoms with E-state index in [1.807, 2.05) is 53.4 Å². The first-order valence-electron chi connectivity index (χ1n) is 11.7. The van der Waals surface area contributed by atoms with Crippen LogP contribution in [0, 0.1) is 5.92 Å². The number of nitrogens with zero attached hydrogens (tertiary/aromatic N) is 3. The predicted octanol–water partition coefficient (Wildman–Crippen LogP) is 2.98. The lowest BCUT2D eigenvalue weighted by atomic mass is 9.79. The molecule has 6 nitrogen and oxygen atoms in total. The summed E-state index contributed by atoms with van der Waals surface area (Å²) in [5, 5.41) is 15.2. The lowest BCUT2D eigenvalue weighted by molar-refractivity contribution is -0.160. The summed E-state index contributed by atoms with van der Waals surface area (Å²) < 4.78 is 0. The molecule has 0 aromatic heterocycles. The van der Waals surface area contributed by atoms with Crippen LogP contribution in [0.3, 0.4) is 0 Å². The van der Waals surface area contributed by atoms with Gasteiger partial charge in [0.25, 0.3) is 5.91 Å². The number of rotatable bonds is 5. The summed E-state index contributed by atoms with van der Waals surface area (Å²) in [5.41, 5.74) is 0.485. The minimum atomic E-state index is -1.44. The Labute approximate surface area is 191 Å².